The van der Waals surface area contributed by atoms with Gasteiger partial charge in [-0.2, -0.15) is 0 Å². The number of rotatable bonds is 6. The Labute approximate surface area is 322 Å². The van der Waals surface area contributed by atoms with E-state index in [0.717, 1.165) is 88.4 Å². The Morgan fingerprint density at radius 1 is 0.268 bits per heavy atom. The van der Waals surface area contributed by atoms with E-state index in [-0.39, 0.29) is 0 Å². The van der Waals surface area contributed by atoms with Gasteiger partial charge in [-0.25, -0.2) is 15.0 Å². The summed E-state index contributed by atoms with van der Waals surface area (Å²) in [7, 11) is 0. The molecule has 11 aromatic rings. The van der Waals surface area contributed by atoms with Crippen LogP contribution in [0.1, 0.15) is 0 Å². The van der Waals surface area contributed by atoms with E-state index in [2.05, 4.69) is 121 Å². The van der Waals surface area contributed by atoms with Crippen molar-refractivity contribution in [2.75, 3.05) is 0 Å². The van der Waals surface area contributed by atoms with E-state index in [1.165, 1.54) is 5.56 Å². The molecule has 0 unspecified atom stereocenters. The minimum atomic E-state index is 0.628. The zero-order valence-corrected chi connectivity index (χ0v) is 30.1. The fourth-order valence-corrected chi connectivity index (χ4v) is 7.71. The van der Waals surface area contributed by atoms with Crippen LogP contribution < -0.4 is 0 Å². The number of nitrogens with zero attached hydrogens (tertiary/aromatic N) is 3. The van der Waals surface area contributed by atoms with Crippen LogP contribution in [0.3, 0.4) is 0 Å². The Kier molecular flexibility index (Phi) is 7.42. The summed E-state index contributed by atoms with van der Waals surface area (Å²) in [6, 6.07) is 64.6. The highest BCUT2D eigenvalue weighted by atomic mass is 16.3. The number of aromatic nitrogens is 3. The van der Waals surface area contributed by atoms with Gasteiger partial charge >= 0.3 is 0 Å². The monoisotopic (exact) mass is 717 g/mol. The van der Waals surface area contributed by atoms with Crippen molar-refractivity contribution in [3.05, 3.63) is 188 Å². The number of furan rings is 2. The summed E-state index contributed by atoms with van der Waals surface area (Å²) in [6.45, 7) is 0. The summed E-state index contributed by atoms with van der Waals surface area (Å²) < 4.78 is 13.0. The molecule has 8 aromatic carbocycles. The van der Waals surface area contributed by atoms with Crippen LogP contribution in [0.4, 0.5) is 0 Å². The first-order chi connectivity index (χ1) is 27.7. The fourth-order valence-electron chi connectivity index (χ4n) is 7.71. The second kappa shape index (κ2) is 13.0. The molecule has 0 fully saturated rings. The SMILES string of the molecule is c1ccc(-c2ccc3c(c2)oc2c(-c4ccc5oc6cc(-c7ccc(-c8nc(-c9ccccc9)nc(-c9ccccc9)n8)cc7)ccc6c5c4)cccc23)cc1. The van der Waals surface area contributed by atoms with Crippen molar-refractivity contribution in [2.24, 2.45) is 0 Å². The van der Waals surface area contributed by atoms with Crippen molar-refractivity contribution < 1.29 is 8.83 Å². The number of para-hydroxylation sites is 1. The van der Waals surface area contributed by atoms with Crippen LogP contribution in [0.15, 0.2) is 197 Å². The first-order valence-corrected chi connectivity index (χ1v) is 18.7. The van der Waals surface area contributed by atoms with Crippen molar-refractivity contribution in [1.29, 1.82) is 0 Å². The average Bonchev–Trinajstić information content (AvgIpc) is 3.84. The van der Waals surface area contributed by atoms with Gasteiger partial charge in [-0.15, -0.1) is 0 Å². The highest BCUT2D eigenvalue weighted by molar-refractivity contribution is 6.12. The fraction of sp³-hybridized carbons (Fsp3) is 0. The van der Waals surface area contributed by atoms with E-state index >= 15 is 0 Å². The largest absolute Gasteiger partial charge is 0.456 e. The molecule has 3 heterocycles. The molecule has 3 aromatic heterocycles. The molecule has 0 atom stereocenters. The highest BCUT2D eigenvalue weighted by Gasteiger charge is 2.17. The summed E-state index contributed by atoms with van der Waals surface area (Å²) in [5.41, 5.74) is 12.8. The lowest BCUT2D eigenvalue weighted by Crippen LogP contribution is -2.00. The predicted octanol–water partition coefficient (Wildman–Crippen LogP) is 13.7. The predicted molar refractivity (Wildman–Crippen MR) is 227 cm³/mol. The van der Waals surface area contributed by atoms with Gasteiger partial charge in [0.05, 0.1) is 0 Å². The van der Waals surface area contributed by atoms with Crippen LogP contribution in [0, 0.1) is 0 Å². The minimum Gasteiger partial charge on any atom is -0.456 e. The molecule has 5 heteroatoms. The van der Waals surface area contributed by atoms with Crippen molar-refractivity contribution in [1.82, 2.24) is 15.0 Å². The summed E-state index contributed by atoms with van der Waals surface area (Å²) in [6.07, 6.45) is 0. The summed E-state index contributed by atoms with van der Waals surface area (Å²) in [4.78, 5) is 14.6. The molecule has 0 bridgehead atoms. The average molecular weight is 718 g/mol. The Balaban J connectivity index is 0.930. The Bertz CT molecular complexity index is 3170. The molecule has 0 N–H and O–H groups in total. The lowest BCUT2D eigenvalue weighted by Gasteiger charge is -2.09. The molecular formula is C51H31N3O2. The van der Waals surface area contributed by atoms with Crippen molar-refractivity contribution >= 4 is 43.9 Å². The van der Waals surface area contributed by atoms with Gasteiger partial charge in [0.1, 0.15) is 22.3 Å². The maximum absolute atomic E-state index is 6.60. The van der Waals surface area contributed by atoms with Crippen molar-refractivity contribution in [3.8, 4) is 67.5 Å². The zero-order valence-electron chi connectivity index (χ0n) is 30.1. The van der Waals surface area contributed by atoms with Gasteiger partial charge in [0.25, 0.3) is 0 Å². The molecule has 0 amide bonds. The molecule has 0 aliphatic heterocycles. The molecule has 0 saturated heterocycles. The first-order valence-electron chi connectivity index (χ1n) is 18.7. The van der Waals surface area contributed by atoms with Gasteiger partial charge in [-0.05, 0) is 64.2 Å². The van der Waals surface area contributed by atoms with E-state index in [1.54, 1.807) is 0 Å². The molecule has 56 heavy (non-hydrogen) atoms. The van der Waals surface area contributed by atoms with Gasteiger partial charge < -0.3 is 8.83 Å². The van der Waals surface area contributed by atoms with E-state index in [4.69, 9.17) is 23.8 Å². The number of hydrogen-bond donors (Lipinski definition) is 0. The van der Waals surface area contributed by atoms with Gasteiger partial charge in [0.2, 0.25) is 0 Å². The van der Waals surface area contributed by atoms with Crippen molar-refractivity contribution in [3.63, 3.8) is 0 Å². The molecule has 0 aliphatic carbocycles. The summed E-state index contributed by atoms with van der Waals surface area (Å²) in [5.74, 6) is 1.91. The van der Waals surface area contributed by atoms with Gasteiger partial charge in [0, 0.05) is 43.8 Å². The quantitative estimate of drug-likeness (QED) is 0.171. The van der Waals surface area contributed by atoms with Crippen LogP contribution in [0.5, 0.6) is 0 Å². The number of benzene rings is 8. The third-order valence-corrected chi connectivity index (χ3v) is 10.6. The van der Waals surface area contributed by atoms with Crippen molar-refractivity contribution in [2.45, 2.75) is 0 Å². The van der Waals surface area contributed by atoms with Gasteiger partial charge in [-0.1, -0.05) is 152 Å². The minimum absolute atomic E-state index is 0.628. The molecule has 0 radical (unpaired) electrons. The van der Waals surface area contributed by atoms with Crippen LogP contribution in [0.25, 0.3) is 111 Å². The molecule has 0 aliphatic rings. The third-order valence-electron chi connectivity index (χ3n) is 10.6. The van der Waals surface area contributed by atoms with Crippen LogP contribution >= 0.6 is 0 Å². The Morgan fingerprint density at radius 3 is 1.34 bits per heavy atom. The maximum Gasteiger partial charge on any atom is 0.164 e. The van der Waals surface area contributed by atoms with Gasteiger partial charge in [0.15, 0.2) is 17.5 Å². The lowest BCUT2D eigenvalue weighted by molar-refractivity contribution is 0.668. The molecule has 5 nitrogen and oxygen atoms in total. The molecule has 262 valence electrons. The van der Waals surface area contributed by atoms with Crippen LogP contribution in [0.2, 0.25) is 0 Å². The highest BCUT2D eigenvalue weighted by Crippen LogP contribution is 2.40. The van der Waals surface area contributed by atoms with Crippen LogP contribution in [-0.2, 0) is 0 Å². The smallest absolute Gasteiger partial charge is 0.164 e. The standard InChI is InChI=1S/C51H31N3O2/c1-4-11-32(12-5-1)37-23-26-41-43-18-10-17-40(48(43)56-47(41)31-37)39-25-28-45-44(29-39)42-27-24-38(30-46(42)55-45)33-19-21-36(22-20-33)51-53-49(34-13-6-2-7-14-34)52-50(54-51)35-15-8-3-9-16-35/h1-31H. The molecule has 0 spiro atoms. The number of fused-ring (bicyclic) bond motifs is 6. The van der Waals surface area contributed by atoms with E-state index in [9.17, 15) is 0 Å². The molecular weight excluding hydrogens is 687 g/mol. The normalized spacial score (nSPS) is 11.6. The maximum atomic E-state index is 6.60. The second-order valence-electron chi connectivity index (χ2n) is 14.0. The lowest BCUT2D eigenvalue weighted by atomic mass is 9.99. The molecule has 0 saturated carbocycles. The number of hydrogen-bond acceptors (Lipinski definition) is 5. The van der Waals surface area contributed by atoms with Crippen LogP contribution in [-0.4, -0.2) is 15.0 Å². The van der Waals surface area contributed by atoms with E-state index in [1.807, 2.05) is 66.7 Å². The summed E-state index contributed by atoms with van der Waals surface area (Å²) in [5, 5.41) is 4.35. The Morgan fingerprint density at radius 2 is 0.732 bits per heavy atom. The summed E-state index contributed by atoms with van der Waals surface area (Å²) >= 11 is 0. The molecule has 11 rings (SSSR count). The van der Waals surface area contributed by atoms with Gasteiger partial charge in [-0.3, -0.25) is 0 Å². The Hall–Kier alpha value is -7.63. The topological polar surface area (TPSA) is 65.0 Å². The van der Waals surface area contributed by atoms with E-state index < -0.39 is 0 Å². The van der Waals surface area contributed by atoms with E-state index in [0.29, 0.717) is 17.5 Å². The zero-order chi connectivity index (χ0) is 37.0. The second-order valence-corrected chi connectivity index (χ2v) is 14.0. The first kappa shape index (κ1) is 31.9. The third kappa shape index (κ3) is 5.53.